The van der Waals surface area contributed by atoms with Gasteiger partial charge in [0.25, 0.3) is 5.91 Å². The number of amides is 1. The van der Waals surface area contributed by atoms with E-state index >= 15 is 0 Å². The van der Waals surface area contributed by atoms with Crippen LogP contribution in [0.3, 0.4) is 0 Å². The van der Waals surface area contributed by atoms with E-state index in [1.807, 2.05) is 0 Å². The molecule has 2 atom stereocenters. The fourth-order valence-corrected chi connectivity index (χ4v) is 8.20. The average molecular weight is 485 g/mol. The Bertz CT molecular complexity index is 1180. The molecule has 0 radical (unpaired) electrons. The van der Waals surface area contributed by atoms with Gasteiger partial charge in [-0.3, -0.25) is 4.79 Å². The molecule has 7 nitrogen and oxygen atoms in total. The highest BCUT2D eigenvalue weighted by Crippen LogP contribution is 2.45. The van der Waals surface area contributed by atoms with Gasteiger partial charge in [0, 0.05) is 10.8 Å². The highest BCUT2D eigenvalue weighted by molar-refractivity contribution is 8.16. The Hall–Kier alpha value is -1.94. The van der Waals surface area contributed by atoms with E-state index in [4.69, 9.17) is 32.7 Å². The van der Waals surface area contributed by atoms with Gasteiger partial charge in [0.1, 0.15) is 0 Å². The fraction of sp³-hybridized carbons (Fsp3) is 0.263. The summed E-state index contributed by atoms with van der Waals surface area (Å²) in [5.74, 6) is 0.529. The SMILES string of the molecule is O=C(N=C1S[C@@H]2CS(=O)(=O)C[C@H]2N1c1c(Cl)cccc1Cl)c1ccc2c(c1)OCO2. The van der Waals surface area contributed by atoms with Crippen LogP contribution in [0.15, 0.2) is 41.4 Å². The number of hydrogen-bond donors (Lipinski definition) is 0. The number of amidine groups is 1. The first-order valence-electron chi connectivity index (χ1n) is 8.95. The van der Waals surface area contributed by atoms with Gasteiger partial charge in [0.15, 0.2) is 26.5 Å². The number of rotatable bonds is 2. The molecule has 0 spiro atoms. The maximum atomic E-state index is 12.9. The first kappa shape index (κ1) is 20.0. The second kappa shape index (κ2) is 7.33. The van der Waals surface area contributed by atoms with Crippen molar-refractivity contribution in [3.8, 4) is 11.5 Å². The molecule has 5 rings (SSSR count). The summed E-state index contributed by atoms with van der Waals surface area (Å²) in [6.45, 7) is 0.105. The van der Waals surface area contributed by atoms with E-state index in [0.29, 0.717) is 38.0 Å². The number of para-hydroxylation sites is 1. The molecule has 1 amide bonds. The van der Waals surface area contributed by atoms with Crippen molar-refractivity contribution < 1.29 is 22.7 Å². The quantitative estimate of drug-likeness (QED) is 0.642. The molecule has 2 fully saturated rings. The second-order valence-electron chi connectivity index (χ2n) is 7.01. The number of sulfone groups is 1. The van der Waals surface area contributed by atoms with Crippen LogP contribution in [0.5, 0.6) is 11.5 Å². The second-order valence-corrected chi connectivity index (χ2v) is 11.2. The summed E-state index contributed by atoms with van der Waals surface area (Å²) < 4.78 is 35.0. The number of anilines is 1. The molecule has 3 aliphatic heterocycles. The third-order valence-electron chi connectivity index (χ3n) is 5.06. The number of hydrogen-bond acceptors (Lipinski definition) is 6. The van der Waals surface area contributed by atoms with E-state index in [0.717, 1.165) is 0 Å². The zero-order valence-corrected chi connectivity index (χ0v) is 18.4. The molecule has 11 heteroatoms. The first-order chi connectivity index (χ1) is 14.3. The lowest BCUT2D eigenvalue weighted by Crippen LogP contribution is -2.38. The van der Waals surface area contributed by atoms with Gasteiger partial charge in [0.2, 0.25) is 6.79 Å². The Morgan fingerprint density at radius 3 is 2.60 bits per heavy atom. The van der Waals surface area contributed by atoms with Crippen LogP contribution < -0.4 is 14.4 Å². The van der Waals surface area contributed by atoms with Crippen LogP contribution in [0, 0.1) is 0 Å². The van der Waals surface area contributed by atoms with Crippen LogP contribution in [0.1, 0.15) is 10.4 Å². The minimum Gasteiger partial charge on any atom is -0.454 e. The summed E-state index contributed by atoms with van der Waals surface area (Å²) in [4.78, 5) is 18.9. The third kappa shape index (κ3) is 3.43. The number of fused-ring (bicyclic) bond motifs is 2. The van der Waals surface area contributed by atoms with Crippen LogP contribution >= 0.6 is 35.0 Å². The Morgan fingerprint density at radius 2 is 1.83 bits per heavy atom. The zero-order valence-electron chi connectivity index (χ0n) is 15.2. The Morgan fingerprint density at radius 1 is 1.10 bits per heavy atom. The predicted molar refractivity (Wildman–Crippen MR) is 117 cm³/mol. The van der Waals surface area contributed by atoms with E-state index in [9.17, 15) is 13.2 Å². The van der Waals surface area contributed by atoms with Crippen LogP contribution in [0.2, 0.25) is 10.0 Å². The number of carbonyl (C=O) groups excluding carboxylic acids is 1. The molecule has 0 bridgehead atoms. The van der Waals surface area contributed by atoms with Crippen molar-refractivity contribution >= 4 is 61.6 Å². The molecule has 3 aliphatic rings. The van der Waals surface area contributed by atoms with Gasteiger partial charge in [-0.25, -0.2) is 8.42 Å². The molecular formula is C19H14Cl2N2O5S2. The highest BCUT2D eigenvalue weighted by atomic mass is 35.5. The average Bonchev–Trinajstić information content (AvgIpc) is 3.34. The summed E-state index contributed by atoms with van der Waals surface area (Å²) in [6.07, 6.45) is 0. The molecular weight excluding hydrogens is 471 g/mol. The van der Waals surface area contributed by atoms with E-state index in [1.165, 1.54) is 11.8 Å². The molecule has 30 heavy (non-hydrogen) atoms. The molecule has 0 N–H and O–H groups in total. The summed E-state index contributed by atoms with van der Waals surface area (Å²) in [5, 5.41) is 0.829. The van der Waals surface area contributed by atoms with Crippen LogP contribution in [-0.2, 0) is 9.84 Å². The van der Waals surface area contributed by atoms with Gasteiger partial charge in [-0.05, 0) is 30.3 Å². The van der Waals surface area contributed by atoms with Crippen molar-refractivity contribution in [2.24, 2.45) is 4.99 Å². The monoisotopic (exact) mass is 484 g/mol. The fourth-order valence-electron chi connectivity index (χ4n) is 3.73. The smallest absolute Gasteiger partial charge is 0.279 e. The molecule has 0 saturated carbocycles. The van der Waals surface area contributed by atoms with Crippen molar-refractivity contribution in [2.75, 3.05) is 23.2 Å². The topological polar surface area (TPSA) is 85.3 Å². The van der Waals surface area contributed by atoms with Crippen molar-refractivity contribution in [3.05, 3.63) is 52.0 Å². The van der Waals surface area contributed by atoms with Crippen molar-refractivity contribution in [1.82, 2.24) is 0 Å². The molecule has 3 heterocycles. The Kier molecular flexibility index (Phi) is 4.89. The molecule has 2 saturated heterocycles. The van der Waals surface area contributed by atoms with E-state index in [1.54, 1.807) is 41.3 Å². The molecule has 2 aromatic rings. The minimum absolute atomic E-state index is 0.0120. The first-order valence-corrected chi connectivity index (χ1v) is 12.4. The molecule has 156 valence electrons. The summed E-state index contributed by atoms with van der Waals surface area (Å²) in [6, 6.07) is 9.48. The molecule has 2 aromatic carbocycles. The number of aliphatic imine (C=N–C) groups is 1. The van der Waals surface area contributed by atoms with Crippen molar-refractivity contribution in [3.63, 3.8) is 0 Å². The summed E-state index contributed by atoms with van der Waals surface area (Å²) in [7, 11) is -3.20. The maximum absolute atomic E-state index is 12.9. The molecule has 0 unspecified atom stereocenters. The number of ether oxygens (including phenoxy) is 2. The van der Waals surface area contributed by atoms with Crippen LogP contribution in [0.25, 0.3) is 0 Å². The number of halogens is 2. The normalized spacial score (nSPS) is 25.0. The van der Waals surface area contributed by atoms with Gasteiger partial charge < -0.3 is 14.4 Å². The van der Waals surface area contributed by atoms with E-state index < -0.39 is 21.8 Å². The molecule has 0 aliphatic carbocycles. The summed E-state index contributed by atoms with van der Waals surface area (Å²) in [5.41, 5.74) is 0.789. The van der Waals surface area contributed by atoms with Crippen LogP contribution in [0.4, 0.5) is 5.69 Å². The van der Waals surface area contributed by atoms with Gasteiger partial charge in [-0.1, -0.05) is 41.0 Å². The lowest BCUT2D eigenvalue weighted by Gasteiger charge is -2.26. The third-order valence-corrected chi connectivity index (χ3v) is 8.88. The van der Waals surface area contributed by atoms with Crippen LogP contribution in [-0.4, -0.2) is 49.1 Å². The van der Waals surface area contributed by atoms with E-state index in [-0.39, 0.29) is 23.5 Å². The van der Waals surface area contributed by atoms with Gasteiger partial charge in [-0.2, -0.15) is 4.99 Å². The number of carbonyl (C=O) groups is 1. The van der Waals surface area contributed by atoms with Gasteiger partial charge in [0.05, 0.1) is 33.3 Å². The highest BCUT2D eigenvalue weighted by Gasteiger charge is 2.50. The lowest BCUT2D eigenvalue weighted by molar-refractivity contribution is 0.100. The zero-order chi connectivity index (χ0) is 21.0. The van der Waals surface area contributed by atoms with Crippen molar-refractivity contribution in [2.45, 2.75) is 11.3 Å². The van der Waals surface area contributed by atoms with E-state index in [2.05, 4.69) is 4.99 Å². The number of benzene rings is 2. The van der Waals surface area contributed by atoms with Gasteiger partial charge >= 0.3 is 0 Å². The number of nitrogens with zero attached hydrogens (tertiary/aromatic N) is 2. The standard InChI is InChI=1S/C19H14Cl2N2O5S2/c20-11-2-1-3-12(21)17(11)23-13-7-30(25,26)8-16(13)29-19(23)22-18(24)10-4-5-14-15(6-10)28-9-27-14/h1-6,13,16H,7-9H2/t13-,16-/m1/s1. The lowest BCUT2D eigenvalue weighted by atomic mass is 10.2. The van der Waals surface area contributed by atoms with Crippen molar-refractivity contribution in [1.29, 1.82) is 0 Å². The maximum Gasteiger partial charge on any atom is 0.279 e. The molecule has 0 aromatic heterocycles. The summed E-state index contributed by atoms with van der Waals surface area (Å²) >= 11 is 14.1. The number of thioether (sulfide) groups is 1. The Labute approximate surface area is 186 Å². The largest absolute Gasteiger partial charge is 0.454 e. The Balaban J connectivity index is 1.55. The van der Waals surface area contributed by atoms with Gasteiger partial charge in [-0.15, -0.1) is 0 Å². The predicted octanol–water partition coefficient (Wildman–Crippen LogP) is 3.64. The minimum atomic E-state index is -3.20.